The van der Waals surface area contributed by atoms with Crippen LogP contribution in [0.25, 0.3) is 0 Å². The van der Waals surface area contributed by atoms with Gasteiger partial charge in [0.15, 0.2) is 23.0 Å². The number of ketones is 3. The van der Waals surface area contributed by atoms with Crippen LogP contribution in [0.5, 0.6) is 0 Å². The topological polar surface area (TPSA) is 151 Å². The lowest BCUT2D eigenvalue weighted by Crippen LogP contribution is -2.71. The lowest BCUT2D eigenvalue weighted by Gasteiger charge is -2.39. The predicted molar refractivity (Wildman–Crippen MR) is 64.8 cm³/mol. The number of aliphatic hydroxyl groups excluding tert-OH is 1. The summed E-state index contributed by atoms with van der Waals surface area (Å²) in [6.45, 7) is 1.46. The Balaban J connectivity index is 3.86. The van der Waals surface area contributed by atoms with Crippen LogP contribution in [-0.2, 0) is 23.9 Å². The van der Waals surface area contributed by atoms with Crippen molar-refractivity contribution in [2.75, 3.05) is 6.61 Å². The van der Waals surface area contributed by atoms with E-state index in [1.54, 1.807) is 0 Å². The number of carbonyl (C=O) groups excluding carboxylic acids is 4. The van der Waals surface area contributed by atoms with Crippen molar-refractivity contribution in [3.8, 4) is 0 Å². The lowest BCUT2D eigenvalue weighted by atomic mass is 9.70. The van der Waals surface area contributed by atoms with Crippen LogP contribution in [0.4, 0.5) is 0 Å². The monoisotopic (exact) mass is 301 g/mol. The summed E-state index contributed by atoms with van der Waals surface area (Å²) >= 11 is 0. The van der Waals surface area contributed by atoms with Crippen LogP contribution < -0.4 is 0 Å². The number of hydrogen-bond donors (Lipinski definition) is 3. The van der Waals surface area contributed by atoms with E-state index in [-0.39, 0.29) is 0 Å². The Morgan fingerprint density at radius 3 is 1.95 bits per heavy atom. The highest BCUT2D eigenvalue weighted by Gasteiger charge is 2.80. The van der Waals surface area contributed by atoms with E-state index in [0.717, 1.165) is 26.9 Å². The van der Waals surface area contributed by atoms with E-state index < -0.39 is 47.0 Å². The maximum absolute atomic E-state index is 11.9. The van der Waals surface area contributed by atoms with Crippen LogP contribution in [0.3, 0.4) is 0 Å². The number of aliphatic hydroxyl groups is 3. The molecule has 116 valence electrons. The third-order valence-electron chi connectivity index (χ3n) is 3.71. The number of nitrogens with zero attached hydrogens (tertiary/aromatic N) is 1. The van der Waals surface area contributed by atoms with E-state index >= 15 is 0 Å². The standard InChI is InChI=1S/C12H15NO8/c1-6(16)10(19)9(4-14)21-12(8(3)18,13-5-15)11(10,20)7(2)17/h9,14,19-20H,4H2,1-3H3/t9-,10-,11-,12?/m1/s1. The summed E-state index contributed by atoms with van der Waals surface area (Å²) in [7, 11) is 0. The zero-order chi connectivity index (χ0) is 16.6. The van der Waals surface area contributed by atoms with Gasteiger partial charge < -0.3 is 20.1 Å². The molecule has 0 saturated carbocycles. The fraction of sp³-hybridized carbons (Fsp3) is 0.667. The van der Waals surface area contributed by atoms with E-state index in [2.05, 4.69) is 4.99 Å². The number of rotatable bonds is 5. The third kappa shape index (κ3) is 1.83. The van der Waals surface area contributed by atoms with E-state index in [1.807, 2.05) is 0 Å². The van der Waals surface area contributed by atoms with Crippen LogP contribution in [0.15, 0.2) is 4.99 Å². The minimum Gasteiger partial charge on any atom is -0.394 e. The number of hydrogen-bond acceptors (Lipinski definition) is 9. The SMILES string of the molecule is CC(=O)C1(N=C=O)O[C@H](CO)[C@](O)(C(C)=O)[C@]1(O)C(C)=O. The van der Waals surface area contributed by atoms with Crippen LogP contribution in [0.1, 0.15) is 20.8 Å². The van der Waals surface area contributed by atoms with Gasteiger partial charge in [-0.15, -0.1) is 0 Å². The Kier molecular flexibility index (Phi) is 4.29. The average Bonchev–Trinajstić information content (AvgIpc) is 2.60. The van der Waals surface area contributed by atoms with Crippen molar-refractivity contribution in [3.63, 3.8) is 0 Å². The first-order valence-corrected chi connectivity index (χ1v) is 5.91. The quantitative estimate of drug-likeness (QED) is 0.377. The second-order valence-corrected chi connectivity index (χ2v) is 4.78. The highest BCUT2D eigenvalue weighted by atomic mass is 16.6. The zero-order valence-corrected chi connectivity index (χ0v) is 11.6. The molecule has 21 heavy (non-hydrogen) atoms. The van der Waals surface area contributed by atoms with E-state index in [0.29, 0.717) is 0 Å². The van der Waals surface area contributed by atoms with Gasteiger partial charge in [0, 0.05) is 0 Å². The van der Waals surface area contributed by atoms with Crippen molar-refractivity contribution in [3.05, 3.63) is 0 Å². The number of isocyanates is 1. The Labute approximate surface area is 119 Å². The van der Waals surface area contributed by atoms with Crippen LogP contribution >= 0.6 is 0 Å². The molecule has 1 fully saturated rings. The average molecular weight is 301 g/mol. The molecule has 9 nitrogen and oxygen atoms in total. The molecule has 0 aromatic carbocycles. The highest BCUT2D eigenvalue weighted by Crippen LogP contribution is 2.49. The van der Waals surface area contributed by atoms with Gasteiger partial charge in [0.25, 0.3) is 5.72 Å². The molecule has 4 atom stereocenters. The molecule has 0 bridgehead atoms. The Hall–Kier alpha value is -1.77. The minimum absolute atomic E-state index is 0.787. The highest BCUT2D eigenvalue weighted by molar-refractivity contribution is 6.06. The first-order chi connectivity index (χ1) is 9.56. The molecule has 1 heterocycles. The van der Waals surface area contributed by atoms with Gasteiger partial charge in [-0.1, -0.05) is 0 Å². The van der Waals surface area contributed by atoms with Crippen LogP contribution in [0.2, 0.25) is 0 Å². The summed E-state index contributed by atoms with van der Waals surface area (Å²) in [5.41, 5.74) is -8.96. The number of ether oxygens (including phenoxy) is 1. The predicted octanol–water partition coefficient (Wildman–Crippen LogP) is -2.36. The molecule has 1 saturated heterocycles. The maximum Gasteiger partial charge on any atom is 0.269 e. The first-order valence-electron chi connectivity index (χ1n) is 5.91. The summed E-state index contributed by atoms with van der Waals surface area (Å²) in [6.07, 6.45) is -0.853. The smallest absolute Gasteiger partial charge is 0.269 e. The molecule has 0 aromatic heterocycles. The number of aliphatic imine (C=N–C) groups is 1. The van der Waals surface area contributed by atoms with Crippen molar-refractivity contribution in [2.24, 2.45) is 4.99 Å². The number of Topliss-reactive ketones (excluding diaryl/α,β-unsaturated/α-hetero) is 3. The van der Waals surface area contributed by atoms with Crippen LogP contribution in [-0.4, -0.2) is 68.4 Å². The van der Waals surface area contributed by atoms with Gasteiger partial charge >= 0.3 is 0 Å². The van der Waals surface area contributed by atoms with E-state index in [4.69, 9.17) is 4.74 Å². The van der Waals surface area contributed by atoms with E-state index in [1.165, 1.54) is 0 Å². The molecule has 1 aliphatic heterocycles. The summed E-state index contributed by atoms with van der Waals surface area (Å²) in [6, 6.07) is 0. The third-order valence-corrected chi connectivity index (χ3v) is 3.71. The zero-order valence-electron chi connectivity index (χ0n) is 11.6. The fourth-order valence-electron chi connectivity index (χ4n) is 2.61. The lowest BCUT2D eigenvalue weighted by molar-refractivity contribution is -0.188. The largest absolute Gasteiger partial charge is 0.394 e. The molecule has 0 spiro atoms. The van der Waals surface area contributed by atoms with Gasteiger partial charge in [-0.3, -0.25) is 14.4 Å². The van der Waals surface area contributed by atoms with Gasteiger partial charge in [-0.05, 0) is 20.8 Å². The molecule has 0 amide bonds. The Morgan fingerprint density at radius 2 is 1.67 bits per heavy atom. The molecule has 1 aliphatic rings. The summed E-state index contributed by atoms with van der Waals surface area (Å²) in [4.78, 5) is 49.1. The van der Waals surface area contributed by atoms with Crippen molar-refractivity contribution in [2.45, 2.75) is 43.8 Å². The molecule has 0 radical (unpaired) electrons. The molecule has 0 aromatic rings. The van der Waals surface area contributed by atoms with Gasteiger partial charge in [0.05, 0.1) is 6.61 Å². The Bertz CT molecular complexity index is 549. The molecular formula is C12H15NO8. The van der Waals surface area contributed by atoms with Gasteiger partial charge in [0.1, 0.15) is 6.10 Å². The van der Waals surface area contributed by atoms with Crippen molar-refractivity contribution in [1.29, 1.82) is 0 Å². The summed E-state index contributed by atoms with van der Waals surface area (Å²) in [5.74, 6) is -3.48. The first kappa shape index (κ1) is 17.3. The Morgan fingerprint density at radius 1 is 1.14 bits per heavy atom. The molecule has 1 unspecified atom stereocenters. The maximum atomic E-state index is 11.9. The molecule has 3 N–H and O–H groups in total. The van der Waals surface area contributed by atoms with Crippen molar-refractivity contribution >= 4 is 23.4 Å². The fourth-order valence-corrected chi connectivity index (χ4v) is 2.61. The van der Waals surface area contributed by atoms with Gasteiger partial charge in [0.2, 0.25) is 11.7 Å². The molecule has 1 rings (SSSR count). The summed E-state index contributed by atoms with van der Waals surface area (Å²) < 4.78 is 4.98. The van der Waals surface area contributed by atoms with E-state index in [9.17, 15) is 34.5 Å². The minimum atomic E-state index is -3.16. The van der Waals surface area contributed by atoms with Crippen molar-refractivity contribution < 1.29 is 39.2 Å². The molecular weight excluding hydrogens is 286 g/mol. The van der Waals surface area contributed by atoms with Gasteiger partial charge in [-0.25, -0.2) is 4.79 Å². The normalized spacial score (nSPS) is 38.7. The number of carbonyl (C=O) groups is 3. The second-order valence-electron chi connectivity index (χ2n) is 4.78. The van der Waals surface area contributed by atoms with Gasteiger partial charge in [-0.2, -0.15) is 4.99 Å². The summed E-state index contributed by atoms with van der Waals surface area (Å²) in [5, 5.41) is 30.3. The second kappa shape index (κ2) is 5.21. The van der Waals surface area contributed by atoms with Crippen molar-refractivity contribution in [1.82, 2.24) is 0 Å². The molecule has 0 aliphatic carbocycles. The molecule has 9 heteroatoms. The van der Waals surface area contributed by atoms with Crippen LogP contribution in [0, 0.1) is 0 Å².